The van der Waals surface area contributed by atoms with Crippen LogP contribution >= 0.6 is 0 Å². The zero-order valence-electron chi connectivity index (χ0n) is 8.12. The minimum absolute atomic E-state index is 0.109. The summed E-state index contributed by atoms with van der Waals surface area (Å²) in [6.45, 7) is 1.66. The first-order chi connectivity index (χ1) is 7.11. The molecule has 0 saturated carbocycles. The van der Waals surface area contributed by atoms with Crippen LogP contribution in [0.5, 0.6) is 0 Å². The van der Waals surface area contributed by atoms with Gasteiger partial charge in [0.15, 0.2) is 0 Å². The second-order valence-corrected chi connectivity index (χ2v) is 3.24. The lowest BCUT2D eigenvalue weighted by atomic mass is 10.3. The maximum Gasteiger partial charge on any atom is 0.294 e. The van der Waals surface area contributed by atoms with Gasteiger partial charge in [0.1, 0.15) is 17.2 Å². The molecular formula is C10H10FN3O. The van der Waals surface area contributed by atoms with E-state index in [-0.39, 0.29) is 11.4 Å². The van der Waals surface area contributed by atoms with Crippen molar-refractivity contribution in [3.05, 3.63) is 46.1 Å². The molecule has 3 N–H and O–H groups in total. The molecule has 0 aliphatic heterocycles. The molecule has 0 atom stereocenters. The van der Waals surface area contributed by atoms with Crippen molar-refractivity contribution in [2.75, 3.05) is 5.73 Å². The summed E-state index contributed by atoms with van der Waals surface area (Å²) in [4.78, 5) is 11.6. The molecule has 2 rings (SSSR count). The number of benzene rings is 1. The van der Waals surface area contributed by atoms with Crippen molar-refractivity contribution in [1.82, 2.24) is 9.78 Å². The number of aryl methyl sites for hydroxylation is 1. The molecule has 1 aromatic heterocycles. The Balaban J connectivity index is 2.70. The third-order valence-electron chi connectivity index (χ3n) is 2.21. The fraction of sp³-hybridized carbons (Fsp3) is 0.100. The van der Waals surface area contributed by atoms with Gasteiger partial charge in [-0.05, 0) is 19.1 Å². The van der Waals surface area contributed by atoms with E-state index >= 15 is 0 Å². The Hall–Kier alpha value is -2.04. The van der Waals surface area contributed by atoms with Crippen LogP contribution in [0.1, 0.15) is 5.69 Å². The normalized spacial score (nSPS) is 10.5. The molecule has 2 aromatic rings. The van der Waals surface area contributed by atoms with Crippen molar-refractivity contribution in [3.63, 3.8) is 0 Å². The highest BCUT2D eigenvalue weighted by Crippen LogP contribution is 2.11. The topological polar surface area (TPSA) is 63.8 Å². The largest absolute Gasteiger partial charge is 0.393 e. The molecule has 1 aromatic carbocycles. The Morgan fingerprint density at radius 2 is 2.07 bits per heavy atom. The van der Waals surface area contributed by atoms with Gasteiger partial charge in [-0.25, -0.2) is 9.07 Å². The van der Waals surface area contributed by atoms with E-state index in [4.69, 9.17) is 5.73 Å². The maximum atomic E-state index is 13.4. The number of aromatic amines is 1. The summed E-state index contributed by atoms with van der Waals surface area (Å²) in [6.07, 6.45) is 0. The summed E-state index contributed by atoms with van der Waals surface area (Å²) in [7, 11) is 0. The third kappa shape index (κ3) is 1.41. The molecule has 0 amide bonds. The third-order valence-corrected chi connectivity index (χ3v) is 2.21. The van der Waals surface area contributed by atoms with E-state index in [9.17, 15) is 9.18 Å². The van der Waals surface area contributed by atoms with Gasteiger partial charge in [-0.15, -0.1) is 0 Å². The average molecular weight is 207 g/mol. The number of para-hydroxylation sites is 1. The average Bonchev–Trinajstić information content (AvgIpc) is 2.47. The van der Waals surface area contributed by atoms with E-state index in [1.807, 2.05) is 0 Å². The van der Waals surface area contributed by atoms with Crippen molar-refractivity contribution in [3.8, 4) is 5.69 Å². The second kappa shape index (κ2) is 3.27. The first-order valence-corrected chi connectivity index (χ1v) is 4.43. The predicted octanol–water partition coefficient (Wildman–Crippen LogP) is 1.20. The lowest BCUT2D eigenvalue weighted by molar-refractivity contribution is 0.608. The highest BCUT2D eigenvalue weighted by Gasteiger charge is 2.11. The Bertz CT molecular complexity index is 556. The summed E-state index contributed by atoms with van der Waals surface area (Å²) < 4.78 is 14.5. The van der Waals surface area contributed by atoms with Crippen LogP contribution in [0.4, 0.5) is 10.1 Å². The minimum atomic E-state index is -0.471. The Morgan fingerprint density at radius 1 is 1.40 bits per heavy atom. The highest BCUT2D eigenvalue weighted by atomic mass is 19.1. The summed E-state index contributed by atoms with van der Waals surface area (Å²) in [5.74, 6) is -0.471. The fourth-order valence-corrected chi connectivity index (χ4v) is 1.36. The van der Waals surface area contributed by atoms with Gasteiger partial charge in [-0.2, -0.15) is 0 Å². The highest BCUT2D eigenvalue weighted by molar-refractivity contribution is 5.44. The van der Waals surface area contributed by atoms with Crippen LogP contribution < -0.4 is 11.3 Å². The SMILES string of the molecule is Cc1[nH]n(-c2ccccc2F)c(=O)c1N. The number of nitrogen functional groups attached to an aromatic ring is 1. The fourth-order valence-electron chi connectivity index (χ4n) is 1.36. The van der Waals surface area contributed by atoms with Crippen molar-refractivity contribution in [2.45, 2.75) is 6.92 Å². The zero-order chi connectivity index (χ0) is 11.0. The number of nitrogens with one attached hydrogen (secondary N) is 1. The van der Waals surface area contributed by atoms with E-state index < -0.39 is 11.4 Å². The predicted molar refractivity (Wildman–Crippen MR) is 55.5 cm³/mol. The molecular weight excluding hydrogens is 197 g/mol. The van der Waals surface area contributed by atoms with Crippen molar-refractivity contribution in [1.29, 1.82) is 0 Å². The quantitative estimate of drug-likeness (QED) is 0.737. The van der Waals surface area contributed by atoms with Crippen LogP contribution in [-0.2, 0) is 0 Å². The molecule has 1 heterocycles. The summed E-state index contributed by atoms with van der Waals surface area (Å²) in [5.41, 5.74) is 5.88. The molecule has 78 valence electrons. The first-order valence-electron chi connectivity index (χ1n) is 4.43. The number of hydrogen-bond donors (Lipinski definition) is 2. The van der Waals surface area contributed by atoms with E-state index in [0.29, 0.717) is 5.69 Å². The number of nitrogens with zero attached hydrogens (tertiary/aromatic N) is 1. The van der Waals surface area contributed by atoms with Gasteiger partial charge < -0.3 is 5.73 Å². The van der Waals surface area contributed by atoms with Gasteiger partial charge in [0, 0.05) is 0 Å². The van der Waals surface area contributed by atoms with Gasteiger partial charge in [-0.3, -0.25) is 9.89 Å². The van der Waals surface area contributed by atoms with E-state index in [1.54, 1.807) is 19.1 Å². The van der Waals surface area contributed by atoms with Crippen LogP contribution in [0.2, 0.25) is 0 Å². The van der Waals surface area contributed by atoms with Crippen LogP contribution in [0, 0.1) is 12.7 Å². The molecule has 4 nitrogen and oxygen atoms in total. The van der Waals surface area contributed by atoms with E-state index in [1.165, 1.54) is 12.1 Å². The van der Waals surface area contributed by atoms with Gasteiger partial charge in [0.2, 0.25) is 0 Å². The van der Waals surface area contributed by atoms with E-state index in [0.717, 1.165) is 4.68 Å². The number of H-pyrrole nitrogens is 1. The number of hydrogen-bond acceptors (Lipinski definition) is 2. The molecule has 5 heteroatoms. The molecule has 0 fully saturated rings. The summed E-state index contributed by atoms with van der Waals surface area (Å²) in [6, 6.07) is 6.00. The monoisotopic (exact) mass is 207 g/mol. The number of aromatic nitrogens is 2. The number of anilines is 1. The molecule has 15 heavy (non-hydrogen) atoms. The number of nitrogens with two attached hydrogens (primary N) is 1. The van der Waals surface area contributed by atoms with Crippen LogP contribution in [0.25, 0.3) is 5.69 Å². The van der Waals surface area contributed by atoms with E-state index in [2.05, 4.69) is 5.10 Å². The Labute approximate surface area is 85.1 Å². The van der Waals surface area contributed by atoms with Crippen molar-refractivity contribution in [2.24, 2.45) is 0 Å². The van der Waals surface area contributed by atoms with Gasteiger partial charge >= 0.3 is 0 Å². The van der Waals surface area contributed by atoms with Crippen LogP contribution in [0.15, 0.2) is 29.1 Å². The molecule has 0 aliphatic rings. The van der Waals surface area contributed by atoms with Gasteiger partial charge in [-0.1, -0.05) is 12.1 Å². The zero-order valence-corrected chi connectivity index (χ0v) is 8.12. The Kier molecular flexibility index (Phi) is 2.07. The first kappa shape index (κ1) is 9.51. The number of halogens is 1. The molecule has 0 aliphatic carbocycles. The molecule has 0 bridgehead atoms. The Morgan fingerprint density at radius 3 is 2.60 bits per heavy atom. The molecule has 0 radical (unpaired) electrons. The second-order valence-electron chi connectivity index (χ2n) is 3.24. The molecule has 0 unspecified atom stereocenters. The summed E-state index contributed by atoms with van der Waals surface area (Å²) >= 11 is 0. The van der Waals surface area contributed by atoms with Gasteiger partial charge in [0.25, 0.3) is 5.56 Å². The smallest absolute Gasteiger partial charge is 0.294 e. The summed E-state index contributed by atoms with van der Waals surface area (Å²) in [5, 5.41) is 2.71. The molecule has 0 saturated heterocycles. The van der Waals surface area contributed by atoms with Crippen molar-refractivity contribution < 1.29 is 4.39 Å². The molecule has 0 spiro atoms. The van der Waals surface area contributed by atoms with Crippen LogP contribution in [-0.4, -0.2) is 9.78 Å². The lowest BCUT2D eigenvalue weighted by Gasteiger charge is -2.01. The van der Waals surface area contributed by atoms with Crippen LogP contribution in [0.3, 0.4) is 0 Å². The van der Waals surface area contributed by atoms with Crippen molar-refractivity contribution >= 4 is 5.69 Å². The minimum Gasteiger partial charge on any atom is -0.393 e. The van der Waals surface area contributed by atoms with Gasteiger partial charge in [0.05, 0.1) is 5.69 Å². The number of rotatable bonds is 1. The standard InChI is InChI=1S/C10H10FN3O/c1-6-9(12)10(15)14(13-6)8-5-3-2-4-7(8)11/h2-5,13H,12H2,1H3. The lowest BCUT2D eigenvalue weighted by Crippen LogP contribution is -2.17. The maximum absolute atomic E-state index is 13.4.